The predicted molar refractivity (Wildman–Crippen MR) is 63.9 cm³/mol. The Labute approximate surface area is 96.3 Å². The average molecular weight is 222 g/mol. The first-order valence-corrected chi connectivity index (χ1v) is 5.23. The highest BCUT2D eigenvalue weighted by atomic mass is 16.5. The van der Waals surface area contributed by atoms with Crippen molar-refractivity contribution < 1.29 is 14.6 Å². The quantitative estimate of drug-likeness (QED) is 0.752. The van der Waals surface area contributed by atoms with Crippen LogP contribution in [0.1, 0.15) is 24.5 Å². The Hall–Kier alpha value is -1.48. The highest BCUT2D eigenvalue weighted by Crippen LogP contribution is 2.28. The Balaban J connectivity index is 2.88. The molecule has 1 rings (SSSR count). The van der Waals surface area contributed by atoms with Crippen molar-refractivity contribution >= 4 is 0 Å². The summed E-state index contributed by atoms with van der Waals surface area (Å²) in [5.74, 6) is 1.37. The van der Waals surface area contributed by atoms with Crippen LogP contribution in [0.3, 0.4) is 0 Å². The number of benzene rings is 1. The van der Waals surface area contributed by atoms with E-state index in [2.05, 4.69) is 6.58 Å². The molecule has 3 nitrogen and oxygen atoms in total. The van der Waals surface area contributed by atoms with E-state index in [1.165, 1.54) is 0 Å². The molecule has 0 spiro atoms. The number of allylic oxidation sites excluding steroid dienone is 1. The minimum absolute atomic E-state index is 0.512. The summed E-state index contributed by atoms with van der Waals surface area (Å²) in [7, 11) is 3.18. The maximum Gasteiger partial charge on any atom is 0.122 e. The van der Waals surface area contributed by atoms with Gasteiger partial charge >= 0.3 is 0 Å². The summed E-state index contributed by atoms with van der Waals surface area (Å²) < 4.78 is 10.3. The largest absolute Gasteiger partial charge is 0.497 e. The lowest BCUT2D eigenvalue weighted by Gasteiger charge is -2.13. The van der Waals surface area contributed by atoms with Crippen molar-refractivity contribution in [1.29, 1.82) is 0 Å². The van der Waals surface area contributed by atoms with Crippen molar-refractivity contribution in [2.24, 2.45) is 0 Å². The second-order valence-corrected chi connectivity index (χ2v) is 3.53. The Morgan fingerprint density at radius 2 is 1.81 bits per heavy atom. The Kier molecular flexibility index (Phi) is 4.86. The molecule has 0 amide bonds. The van der Waals surface area contributed by atoms with E-state index < -0.39 is 6.10 Å². The summed E-state index contributed by atoms with van der Waals surface area (Å²) in [6.07, 6.45) is 2.71. The fourth-order valence-corrected chi connectivity index (χ4v) is 1.46. The molecular weight excluding hydrogens is 204 g/mol. The number of ether oxygens (including phenoxy) is 2. The van der Waals surface area contributed by atoms with E-state index in [0.29, 0.717) is 17.9 Å². The lowest BCUT2D eigenvalue weighted by molar-refractivity contribution is 0.168. The molecule has 0 saturated carbocycles. The standard InChI is InChI=1S/C13H18O3/c1-4-5-6-13(14)10-7-11(15-2)9-12(8-10)16-3/h4,7-9,13-14H,1,5-6H2,2-3H3. The monoisotopic (exact) mass is 222 g/mol. The zero-order valence-electron chi connectivity index (χ0n) is 9.77. The maximum absolute atomic E-state index is 9.93. The van der Waals surface area contributed by atoms with Crippen molar-refractivity contribution in [3.63, 3.8) is 0 Å². The van der Waals surface area contributed by atoms with Gasteiger partial charge in [-0.05, 0) is 30.5 Å². The van der Waals surface area contributed by atoms with Crippen LogP contribution in [0.4, 0.5) is 0 Å². The van der Waals surface area contributed by atoms with Gasteiger partial charge < -0.3 is 14.6 Å². The zero-order valence-corrected chi connectivity index (χ0v) is 9.77. The molecule has 1 atom stereocenters. The van der Waals surface area contributed by atoms with Gasteiger partial charge in [-0.2, -0.15) is 0 Å². The van der Waals surface area contributed by atoms with Crippen LogP contribution in [0.2, 0.25) is 0 Å². The summed E-state index contributed by atoms with van der Waals surface area (Å²) in [5.41, 5.74) is 0.804. The van der Waals surface area contributed by atoms with Crippen LogP contribution in [0.5, 0.6) is 11.5 Å². The fourth-order valence-electron chi connectivity index (χ4n) is 1.46. The summed E-state index contributed by atoms with van der Waals surface area (Å²) in [4.78, 5) is 0. The van der Waals surface area contributed by atoms with Crippen LogP contribution < -0.4 is 9.47 Å². The molecule has 0 saturated heterocycles. The predicted octanol–water partition coefficient (Wildman–Crippen LogP) is 2.70. The molecule has 0 fully saturated rings. The van der Waals surface area contributed by atoms with Gasteiger partial charge in [0.25, 0.3) is 0 Å². The van der Waals surface area contributed by atoms with Crippen LogP contribution in [-0.4, -0.2) is 19.3 Å². The molecule has 0 bridgehead atoms. The third kappa shape index (κ3) is 3.28. The van der Waals surface area contributed by atoms with E-state index in [-0.39, 0.29) is 0 Å². The van der Waals surface area contributed by atoms with Gasteiger partial charge in [-0.25, -0.2) is 0 Å². The summed E-state index contributed by atoms with van der Waals surface area (Å²) in [5, 5.41) is 9.93. The normalized spacial score (nSPS) is 11.9. The second-order valence-electron chi connectivity index (χ2n) is 3.53. The van der Waals surface area contributed by atoms with Gasteiger partial charge in [0.1, 0.15) is 11.5 Å². The Morgan fingerprint density at radius 1 is 1.25 bits per heavy atom. The van der Waals surface area contributed by atoms with Crippen LogP contribution in [0, 0.1) is 0 Å². The molecule has 1 unspecified atom stereocenters. The van der Waals surface area contributed by atoms with Gasteiger partial charge in [-0.3, -0.25) is 0 Å². The van der Waals surface area contributed by atoms with E-state index in [9.17, 15) is 5.11 Å². The highest BCUT2D eigenvalue weighted by molar-refractivity contribution is 5.39. The zero-order chi connectivity index (χ0) is 12.0. The van der Waals surface area contributed by atoms with Gasteiger partial charge in [-0.1, -0.05) is 6.08 Å². The molecule has 0 aliphatic heterocycles. The molecule has 1 N–H and O–H groups in total. The SMILES string of the molecule is C=CCCC(O)c1cc(OC)cc(OC)c1. The molecule has 88 valence electrons. The summed E-state index contributed by atoms with van der Waals surface area (Å²) in [6, 6.07) is 5.41. The lowest BCUT2D eigenvalue weighted by Crippen LogP contribution is -1.98. The third-order valence-electron chi connectivity index (χ3n) is 2.40. The molecule has 0 radical (unpaired) electrons. The molecule has 0 aliphatic carbocycles. The third-order valence-corrected chi connectivity index (χ3v) is 2.40. The Bertz CT molecular complexity index is 325. The molecule has 0 aromatic heterocycles. The first-order chi connectivity index (χ1) is 7.71. The highest BCUT2D eigenvalue weighted by Gasteiger charge is 2.10. The summed E-state index contributed by atoms with van der Waals surface area (Å²) in [6.45, 7) is 3.63. The van der Waals surface area contributed by atoms with Gasteiger partial charge in [0.2, 0.25) is 0 Å². The molecule has 16 heavy (non-hydrogen) atoms. The fraction of sp³-hybridized carbons (Fsp3) is 0.385. The first kappa shape index (κ1) is 12.6. The number of hydrogen-bond donors (Lipinski definition) is 1. The minimum atomic E-state index is -0.512. The summed E-state index contributed by atoms with van der Waals surface area (Å²) >= 11 is 0. The lowest BCUT2D eigenvalue weighted by atomic mass is 10.0. The van der Waals surface area contributed by atoms with E-state index in [1.807, 2.05) is 12.1 Å². The minimum Gasteiger partial charge on any atom is -0.497 e. The molecule has 0 heterocycles. The number of rotatable bonds is 6. The smallest absolute Gasteiger partial charge is 0.122 e. The number of aliphatic hydroxyl groups is 1. The van der Waals surface area contributed by atoms with Crippen molar-refractivity contribution in [1.82, 2.24) is 0 Å². The number of aliphatic hydroxyl groups excluding tert-OH is 1. The van der Waals surface area contributed by atoms with Gasteiger partial charge in [-0.15, -0.1) is 6.58 Å². The van der Waals surface area contributed by atoms with Crippen LogP contribution >= 0.6 is 0 Å². The number of methoxy groups -OCH3 is 2. The van der Waals surface area contributed by atoms with Crippen molar-refractivity contribution in [2.75, 3.05) is 14.2 Å². The van der Waals surface area contributed by atoms with Crippen LogP contribution in [0.25, 0.3) is 0 Å². The second kappa shape index (κ2) is 6.18. The molecular formula is C13H18O3. The molecule has 0 aliphatic rings. The van der Waals surface area contributed by atoms with E-state index in [1.54, 1.807) is 26.4 Å². The van der Waals surface area contributed by atoms with Crippen LogP contribution in [0.15, 0.2) is 30.9 Å². The van der Waals surface area contributed by atoms with E-state index >= 15 is 0 Å². The van der Waals surface area contributed by atoms with Crippen molar-refractivity contribution in [3.8, 4) is 11.5 Å². The number of hydrogen-bond acceptors (Lipinski definition) is 3. The molecule has 1 aromatic carbocycles. The topological polar surface area (TPSA) is 38.7 Å². The Morgan fingerprint density at radius 3 is 2.25 bits per heavy atom. The first-order valence-electron chi connectivity index (χ1n) is 5.23. The molecule has 3 heteroatoms. The molecule has 1 aromatic rings. The van der Waals surface area contributed by atoms with Gasteiger partial charge in [0.05, 0.1) is 20.3 Å². The van der Waals surface area contributed by atoms with Crippen molar-refractivity contribution in [2.45, 2.75) is 18.9 Å². The van der Waals surface area contributed by atoms with Crippen LogP contribution in [-0.2, 0) is 0 Å². The maximum atomic E-state index is 9.93. The van der Waals surface area contributed by atoms with Crippen molar-refractivity contribution in [3.05, 3.63) is 36.4 Å². The average Bonchev–Trinajstić information content (AvgIpc) is 2.35. The van der Waals surface area contributed by atoms with E-state index in [4.69, 9.17) is 9.47 Å². The van der Waals surface area contributed by atoms with Gasteiger partial charge in [0.15, 0.2) is 0 Å². The van der Waals surface area contributed by atoms with Gasteiger partial charge in [0, 0.05) is 6.07 Å². The van der Waals surface area contributed by atoms with E-state index in [0.717, 1.165) is 12.0 Å².